The molecule has 0 aromatic carbocycles. The summed E-state index contributed by atoms with van der Waals surface area (Å²) in [5.41, 5.74) is -0.0804. The van der Waals surface area contributed by atoms with Gasteiger partial charge in [-0.15, -0.1) is 0 Å². The Bertz CT molecular complexity index is 449. The van der Waals surface area contributed by atoms with Crippen LogP contribution in [0.4, 0.5) is 5.82 Å². The zero-order chi connectivity index (χ0) is 12.4. The van der Waals surface area contributed by atoms with Crippen LogP contribution >= 0.6 is 22.6 Å². The first-order chi connectivity index (χ1) is 8.13. The molecule has 17 heavy (non-hydrogen) atoms. The summed E-state index contributed by atoms with van der Waals surface area (Å²) in [6.45, 7) is 3.92. The van der Waals surface area contributed by atoms with Crippen molar-refractivity contribution >= 4 is 28.4 Å². The third-order valence-electron chi connectivity index (χ3n) is 3.27. The lowest BCUT2D eigenvalue weighted by molar-refractivity contribution is 0.0496. The first-order valence-electron chi connectivity index (χ1n) is 5.64. The van der Waals surface area contributed by atoms with Crippen LogP contribution in [0.5, 0.6) is 0 Å². The molecule has 2 unspecified atom stereocenters. The summed E-state index contributed by atoms with van der Waals surface area (Å²) < 4.78 is 6.12. The summed E-state index contributed by atoms with van der Waals surface area (Å²) in [6, 6.07) is 0. The lowest BCUT2D eigenvalue weighted by Crippen LogP contribution is -2.45. The molecule has 0 radical (unpaired) electrons. The number of H-pyrrole nitrogens is 1. The number of nitrogens with one attached hydrogen (secondary N) is 1. The van der Waals surface area contributed by atoms with Gasteiger partial charge in [0.1, 0.15) is 9.39 Å². The molecule has 0 amide bonds. The van der Waals surface area contributed by atoms with E-state index in [0.29, 0.717) is 9.49 Å². The van der Waals surface area contributed by atoms with Crippen molar-refractivity contribution in [1.82, 2.24) is 9.97 Å². The maximum absolute atomic E-state index is 11.5. The number of anilines is 1. The predicted octanol–water partition coefficient (Wildman–Crippen LogP) is 1.24. The fourth-order valence-corrected chi connectivity index (χ4v) is 2.76. The van der Waals surface area contributed by atoms with E-state index in [9.17, 15) is 4.79 Å². The lowest BCUT2D eigenvalue weighted by Gasteiger charge is -2.37. The van der Waals surface area contributed by atoms with Crippen molar-refractivity contribution in [2.45, 2.75) is 19.4 Å². The van der Waals surface area contributed by atoms with Gasteiger partial charge in [0.15, 0.2) is 0 Å². The average Bonchev–Trinajstić information content (AvgIpc) is 2.34. The van der Waals surface area contributed by atoms with Gasteiger partial charge in [-0.2, -0.15) is 0 Å². The highest BCUT2D eigenvalue weighted by Crippen LogP contribution is 2.24. The fourth-order valence-electron chi connectivity index (χ4n) is 2.13. The predicted molar refractivity (Wildman–Crippen MR) is 74.4 cm³/mol. The molecule has 0 aliphatic carbocycles. The van der Waals surface area contributed by atoms with Crippen LogP contribution in [0.25, 0.3) is 0 Å². The van der Waals surface area contributed by atoms with Gasteiger partial charge in [0, 0.05) is 20.2 Å². The molecule has 5 nitrogen and oxygen atoms in total. The quantitative estimate of drug-likeness (QED) is 0.817. The summed E-state index contributed by atoms with van der Waals surface area (Å²) in [5, 5.41) is 0. The Hall–Kier alpha value is -0.630. The maximum atomic E-state index is 11.5. The van der Waals surface area contributed by atoms with Gasteiger partial charge >= 0.3 is 0 Å². The van der Waals surface area contributed by atoms with Crippen molar-refractivity contribution < 1.29 is 4.74 Å². The van der Waals surface area contributed by atoms with Crippen LogP contribution in [-0.4, -0.2) is 36.3 Å². The molecule has 0 saturated carbocycles. The molecule has 1 fully saturated rings. The van der Waals surface area contributed by atoms with Crippen molar-refractivity contribution in [3.8, 4) is 0 Å². The minimum Gasteiger partial charge on any atom is -0.379 e. The highest BCUT2D eigenvalue weighted by molar-refractivity contribution is 14.1. The van der Waals surface area contributed by atoms with E-state index in [1.165, 1.54) is 6.33 Å². The van der Waals surface area contributed by atoms with Crippen molar-refractivity contribution in [1.29, 1.82) is 0 Å². The van der Waals surface area contributed by atoms with E-state index >= 15 is 0 Å². The number of aromatic nitrogens is 2. The van der Waals surface area contributed by atoms with E-state index in [-0.39, 0.29) is 11.7 Å². The molecule has 1 aliphatic heterocycles. The minimum absolute atomic E-state index is 0.0804. The number of hydrogen-bond acceptors (Lipinski definition) is 4. The van der Waals surface area contributed by atoms with Crippen LogP contribution in [0.3, 0.4) is 0 Å². The van der Waals surface area contributed by atoms with Crippen LogP contribution in [0.15, 0.2) is 11.1 Å². The summed E-state index contributed by atoms with van der Waals surface area (Å²) >= 11 is 2.04. The standard InChI is InChI=1S/C11H16IN3O2/c1-7-3-4-15(5-8(7)17-2)10-9(12)11(16)14-6-13-10/h6-8H,3-5H2,1-2H3,(H,13,14,16). The van der Waals surface area contributed by atoms with Crippen LogP contribution in [-0.2, 0) is 4.74 Å². The Morgan fingerprint density at radius 2 is 2.41 bits per heavy atom. The Labute approximate surface area is 114 Å². The van der Waals surface area contributed by atoms with E-state index in [4.69, 9.17) is 4.74 Å². The fraction of sp³-hybridized carbons (Fsp3) is 0.636. The van der Waals surface area contributed by atoms with Gasteiger partial charge in [0.05, 0.1) is 12.4 Å². The largest absolute Gasteiger partial charge is 0.379 e. The molecular formula is C11H16IN3O2. The highest BCUT2D eigenvalue weighted by atomic mass is 127. The number of methoxy groups -OCH3 is 1. The maximum Gasteiger partial charge on any atom is 0.266 e. The Morgan fingerprint density at radius 1 is 1.65 bits per heavy atom. The van der Waals surface area contributed by atoms with E-state index in [1.54, 1.807) is 7.11 Å². The topological polar surface area (TPSA) is 58.2 Å². The number of rotatable bonds is 2. The molecule has 6 heteroatoms. The van der Waals surface area contributed by atoms with Crippen molar-refractivity contribution in [2.75, 3.05) is 25.1 Å². The zero-order valence-electron chi connectivity index (χ0n) is 9.94. The number of nitrogens with zero attached hydrogens (tertiary/aromatic N) is 2. The number of halogens is 1. The third-order valence-corrected chi connectivity index (χ3v) is 4.24. The molecule has 2 rings (SSSR count). The van der Waals surface area contributed by atoms with E-state index < -0.39 is 0 Å². The Kier molecular flexibility index (Phi) is 4.03. The number of hydrogen-bond donors (Lipinski definition) is 1. The average molecular weight is 349 g/mol. The second kappa shape index (κ2) is 5.34. The molecule has 1 aromatic heterocycles. The number of aromatic amines is 1. The summed E-state index contributed by atoms with van der Waals surface area (Å²) in [6.07, 6.45) is 2.73. The normalized spacial score (nSPS) is 25.0. The minimum atomic E-state index is -0.0804. The van der Waals surface area contributed by atoms with Crippen molar-refractivity contribution in [3.05, 3.63) is 20.3 Å². The molecule has 1 saturated heterocycles. The number of ether oxygens (including phenoxy) is 1. The summed E-state index contributed by atoms with van der Waals surface area (Å²) in [4.78, 5) is 20.5. The SMILES string of the molecule is COC1CN(c2nc[nH]c(=O)c2I)CCC1C. The highest BCUT2D eigenvalue weighted by Gasteiger charge is 2.28. The molecule has 2 heterocycles. The van der Waals surface area contributed by atoms with Gasteiger partial charge in [-0.05, 0) is 34.9 Å². The molecule has 0 bridgehead atoms. The van der Waals surface area contributed by atoms with E-state index in [0.717, 1.165) is 25.3 Å². The smallest absolute Gasteiger partial charge is 0.266 e. The second-order valence-corrected chi connectivity index (χ2v) is 5.43. The molecular weight excluding hydrogens is 333 g/mol. The van der Waals surface area contributed by atoms with Crippen LogP contribution < -0.4 is 10.5 Å². The monoisotopic (exact) mass is 349 g/mol. The van der Waals surface area contributed by atoms with Gasteiger partial charge in [-0.3, -0.25) is 4.79 Å². The first kappa shape index (κ1) is 12.8. The van der Waals surface area contributed by atoms with Crippen LogP contribution in [0.1, 0.15) is 13.3 Å². The second-order valence-electron chi connectivity index (χ2n) is 4.36. The van der Waals surface area contributed by atoms with Gasteiger partial charge in [0.2, 0.25) is 0 Å². The molecule has 0 spiro atoms. The van der Waals surface area contributed by atoms with Crippen LogP contribution in [0, 0.1) is 9.49 Å². The van der Waals surface area contributed by atoms with E-state index in [1.807, 2.05) is 22.6 Å². The summed E-state index contributed by atoms with van der Waals surface area (Å²) in [5.74, 6) is 1.32. The van der Waals surface area contributed by atoms with Gasteiger partial charge < -0.3 is 14.6 Å². The lowest BCUT2D eigenvalue weighted by atomic mass is 9.96. The number of piperidine rings is 1. The van der Waals surface area contributed by atoms with E-state index in [2.05, 4.69) is 21.8 Å². The molecule has 1 aliphatic rings. The van der Waals surface area contributed by atoms with Crippen molar-refractivity contribution in [3.63, 3.8) is 0 Å². The molecule has 1 N–H and O–H groups in total. The molecule has 2 atom stereocenters. The first-order valence-corrected chi connectivity index (χ1v) is 6.72. The summed E-state index contributed by atoms with van der Waals surface area (Å²) in [7, 11) is 1.74. The third kappa shape index (κ3) is 2.62. The molecule has 94 valence electrons. The van der Waals surface area contributed by atoms with Gasteiger partial charge in [-0.1, -0.05) is 6.92 Å². The Balaban J connectivity index is 2.23. The van der Waals surface area contributed by atoms with Gasteiger partial charge in [0.25, 0.3) is 5.56 Å². The van der Waals surface area contributed by atoms with Crippen molar-refractivity contribution in [2.24, 2.45) is 5.92 Å². The van der Waals surface area contributed by atoms with Crippen LogP contribution in [0.2, 0.25) is 0 Å². The molecule has 1 aromatic rings. The Morgan fingerprint density at radius 3 is 3.12 bits per heavy atom. The van der Waals surface area contributed by atoms with Gasteiger partial charge in [-0.25, -0.2) is 4.98 Å². The zero-order valence-corrected chi connectivity index (χ0v) is 12.1.